The zero-order chi connectivity index (χ0) is 22.4. The van der Waals surface area contributed by atoms with E-state index in [1.807, 2.05) is 42.3 Å². The van der Waals surface area contributed by atoms with Crippen LogP contribution >= 0.6 is 0 Å². The van der Waals surface area contributed by atoms with E-state index in [2.05, 4.69) is 42.9 Å². The van der Waals surface area contributed by atoms with Gasteiger partial charge in [0.25, 0.3) is 0 Å². The van der Waals surface area contributed by atoms with Gasteiger partial charge in [0.2, 0.25) is 0 Å². The third-order valence-corrected chi connectivity index (χ3v) is 4.72. The summed E-state index contributed by atoms with van der Waals surface area (Å²) in [7, 11) is 0. The van der Waals surface area contributed by atoms with Crippen molar-refractivity contribution in [3.05, 3.63) is 66.3 Å². The van der Waals surface area contributed by atoms with E-state index in [1.165, 1.54) is 0 Å². The molecule has 0 amide bonds. The van der Waals surface area contributed by atoms with Crippen LogP contribution in [0, 0.1) is 12.8 Å². The lowest BCUT2D eigenvalue weighted by atomic mass is 10.1. The number of hydrogen-bond acceptors (Lipinski definition) is 5. The number of imidazole rings is 1. The highest BCUT2D eigenvalue weighted by molar-refractivity contribution is 5.73. The summed E-state index contributed by atoms with van der Waals surface area (Å²) < 4.78 is 36.0. The molecule has 0 bridgehead atoms. The average Bonchev–Trinajstić information content (AvgIpc) is 3.31. The molecule has 0 saturated heterocycles. The molecule has 1 aliphatic heterocycles. The van der Waals surface area contributed by atoms with Crippen molar-refractivity contribution in [3.8, 4) is 0 Å². The minimum Gasteiger partial charge on any atom is -0.475 e. The molecular formula is C20H23F3N6O2. The Morgan fingerprint density at radius 1 is 1.19 bits per heavy atom. The van der Waals surface area contributed by atoms with Crippen molar-refractivity contribution in [2.24, 2.45) is 5.92 Å². The van der Waals surface area contributed by atoms with Crippen molar-refractivity contribution in [2.45, 2.75) is 39.3 Å². The van der Waals surface area contributed by atoms with Gasteiger partial charge in [-0.15, -0.1) is 0 Å². The summed E-state index contributed by atoms with van der Waals surface area (Å²) in [6, 6.07) is 8.21. The molecule has 11 heteroatoms. The zero-order valence-electron chi connectivity index (χ0n) is 16.9. The molecule has 0 radical (unpaired) electrons. The number of rotatable bonds is 4. The van der Waals surface area contributed by atoms with E-state index in [9.17, 15) is 13.2 Å². The summed E-state index contributed by atoms with van der Waals surface area (Å²) in [5.41, 5.74) is 2.18. The fraction of sp³-hybridized carbons (Fsp3) is 0.400. The monoisotopic (exact) mass is 436 g/mol. The van der Waals surface area contributed by atoms with Crippen LogP contribution in [0.2, 0.25) is 0 Å². The summed E-state index contributed by atoms with van der Waals surface area (Å²) in [4.78, 5) is 20.5. The van der Waals surface area contributed by atoms with Crippen molar-refractivity contribution in [1.29, 1.82) is 0 Å². The molecule has 0 aromatic carbocycles. The topological polar surface area (TPSA) is 89.1 Å². The molecule has 0 fully saturated rings. The van der Waals surface area contributed by atoms with Gasteiger partial charge in [0.15, 0.2) is 0 Å². The largest absolute Gasteiger partial charge is 0.490 e. The van der Waals surface area contributed by atoms with E-state index >= 15 is 0 Å². The number of hydrogen-bond donors (Lipinski definition) is 1. The standard InChI is InChI=1S/C18H22N6.C2HF3O2/c1-15-4-2-5-17(21-15)13-22-10-16(12-24-8-3-6-20-24)11-23-9-7-19-18(23)14-22;3-2(4,5)1(6)7/h2-9,16H,10-14H2,1H3;(H,6,7). The minimum atomic E-state index is -5.08. The van der Waals surface area contributed by atoms with E-state index in [0.29, 0.717) is 5.92 Å². The average molecular weight is 436 g/mol. The van der Waals surface area contributed by atoms with Crippen LogP contribution < -0.4 is 0 Å². The Kier molecular flexibility index (Phi) is 7.06. The third-order valence-electron chi connectivity index (χ3n) is 4.72. The molecule has 0 spiro atoms. The van der Waals surface area contributed by atoms with Crippen LogP contribution in [0.15, 0.2) is 49.1 Å². The number of halogens is 3. The second-order valence-corrected chi connectivity index (χ2v) is 7.33. The first kappa shape index (κ1) is 22.5. The van der Waals surface area contributed by atoms with Gasteiger partial charge in [0.05, 0.1) is 12.2 Å². The fourth-order valence-electron chi connectivity index (χ4n) is 3.45. The van der Waals surface area contributed by atoms with Crippen LogP contribution in [0.4, 0.5) is 13.2 Å². The van der Waals surface area contributed by atoms with Crippen LogP contribution in [0.5, 0.6) is 0 Å². The molecule has 1 atom stereocenters. The predicted molar refractivity (Wildman–Crippen MR) is 105 cm³/mol. The summed E-state index contributed by atoms with van der Waals surface area (Å²) in [5, 5.41) is 11.5. The van der Waals surface area contributed by atoms with Crippen molar-refractivity contribution in [2.75, 3.05) is 6.54 Å². The maximum absolute atomic E-state index is 10.6. The smallest absolute Gasteiger partial charge is 0.475 e. The lowest BCUT2D eigenvalue weighted by Crippen LogP contribution is -2.30. The lowest BCUT2D eigenvalue weighted by Gasteiger charge is -2.23. The second kappa shape index (κ2) is 9.73. The Labute approximate surface area is 177 Å². The molecule has 0 saturated carbocycles. The third kappa shape index (κ3) is 6.64. The van der Waals surface area contributed by atoms with Gasteiger partial charge < -0.3 is 9.67 Å². The predicted octanol–water partition coefficient (Wildman–Crippen LogP) is 2.75. The highest BCUT2D eigenvalue weighted by Crippen LogP contribution is 2.19. The molecule has 8 nitrogen and oxygen atoms in total. The minimum absolute atomic E-state index is 0.491. The quantitative estimate of drug-likeness (QED) is 0.677. The number of aliphatic carboxylic acids is 1. The van der Waals surface area contributed by atoms with Crippen molar-refractivity contribution in [1.82, 2.24) is 29.2 Å². The lowest BCUT2D eigenvalue weighted by molar-refractivity contribution is -0.192. The fourth-order valence-corrected chi connectivity index (χ4v) is 3.45. The number of carbonyl (C=O) groups is 1. The van der Waals surface area contributed by atoms with E-state index in [4.69, 9.17) is 9.90 Å². The Hall–Kier alpha value is -3.21. The van der Waals surface area contributed by atoms with Gasteiger partial charge in [-0.1, -0.05) is 6.07 Å². The Bertz CT molecular complexity index is 987. The maximum atomic E-state index is 10.6. The van der Waals surface area contributed by atoms with Gasteiger partial charge >= 0.3 is 12.1 Å². The molecule has 1 aliphatic rings. The number of carboxylic acids is 1. The number of carboxylic acid groups (broad SMARTS) is 1. The van der Waals surface area contributed by atoms with Gasteiger partial charge in [-0.2, -0.15) is 18.3 Å². The highest BCUT2D eigenvalue weighted by Gasteiger charge is 2.38. The number of nitrogens with zero attached hydrogens (tertiary/aromatic N) is 6. The molecule has 0 aliphatic carbocycles. The first-order chi connectivity index (χ1) is 14.7. The molecule has 166 valence electrons. The first-order valence-electron chi connectivity index (χ1n) is 9.63. The Morgan fingerprint density at radius 3 is 2.61 bits per heavy atom. The van der Waals surface area contributed by atoms with Gasteiger partial charge in [-0.3, -0.25) is 14.6 Å². The molecule has 3 aromatic heterocycles. The Morgan fingerprint density at radius 2 is 1.97 bits per heavy atom. The summed E-state index contributed by atoms with van der Waals surface area (Å²) >= 11 is 0. The molecule has 4 rings (SSSR count). The molecule has 3 aromatic rings. The van der Waals surface area contributed by atoms with Crippen LogP contribution in [0.1, 0.15) is 17.2 Å². The number of aryl methyl sites for hydroxylation is 1. The maximum Gasteiger partial charge on any atom is 0.490 e. The van der Waals surface area contributed by atoms with Gasteiger partial charge in [-0.05, 0) is 25.1 Å². The van der Waals surface area contributed by atoms with E-state index in [0.717, 1.165) is 49.9 Å². The molecule has 31 heavy (non-hydrogen) atoms. The van der Waals surface area contributed by atoms with Crippen LogP contribution in [-0.4, -0.2) is 53.0 Å². The SMILES string of the molecule is Cc1cccc(CN2Cc3nccn3CC(Cn3cccn3)C2)n1.O=C(O)C(F)(F)F. The number of alkyl halides is 3. The molecular weight excluding hydrogens is 413 g/mol. The molecule has 1 N–H and O–H groups in total. The first-order valence-corrected chi connectivity index (χ1v) is 9.63. The molecule has 1 unspecified atom stereocenters. The van der Waals surface area contributed by atoms with Gasteiger partial charge in [0.1, 0.15) is 5.82 Å². The normalized spacial score (nSPS) is 16.7. The molecule has 4 heterocycles. The van der Waals surface area contributed by atoms with E-state index < -0.39 is 12.1 Å². The Balaban J connectivity index is 0.000000339. The van der Waals surface area contributed by atoms with E-state index in [1.54, 1.807) is 0 Å². The summed E-state index contributed by atoms with van der Waals surface area (Å²) in [6.07, 6.45) is 2.77. The van der Waals surface area contributed by atoms with Crippen molar-refractivity contribution < 1.29 is 23.1 Å². The van der Waals surface area contributed by atoms with Gasteiger partial charge in [-0.25, -0.2) is 9.78 Å². The van der Waals surface area contributed by atoms with Crippen LogP contribution in [0.25, 0.3) is 0 Å². The van der Waals surface area contributed by atoms with Gasteiger partial charge in [0, 0.05) is 62.6 Å². The number of fused-ring (bicyclic) bond motifs is 1. The highest BCUT2D eigenvalue weighted by atomic mass is 19.4. The number of pyridine rings is 1. The number of aromatic nitrogens is 5. The van der Waals surface area contributed by atoms with Crippen molar-refractivity contribution in [3.63, 3.8) is 0 Å². The van der Waals surface area contributed by atoms with E-state index in [-0.39, 0.29) is 0 Å². The summed E-state index contributed by atoms with van der Waals surface area (Å²) in [5.74, 6) is -1.14. The summed E-state index contributed by atoms with van der Waals surface area (Å²) in [6.45, 7) is 6.66. The zero-order valence-corrected chi connectivity index (χ0v) is 16.9. The second-order valence-electron chi connectivity index (χ2n) is 7.33. The van der Waals surface area contributed by atoms with Crippen LogP contribution in [0.3, 0.4) is 0 Å². The van der Waals surface area contributed by atoms with Crippen LogP contribution in [-0.2, 0) is 31.0 Å². The van der Waals surface area contributed by atoms with Crippen molar-refractivity contribution >= 4 is 5.97 Å².